The van der Waals surface area contributed by atoms with Crippen LogP contribution >= 0.6 is 0 Å². The molecule has 2 aromatic rings. The number of hydrogen-bond donors (Lipinski definition) is 3. The van der Waals surface area contributed by atoms with E-state index in [4.69, 9.17) is 4.74 Å². The van der Waals surface area contributed by atoms with E-state index in [1.165, 1.54) is 0 Å². The summed E-state index contributed by atoms with van der Waals surface area (Å²) in [5.41, 5.74) is 0.448. The van der Waals surface area contributed by atoms with Crippen molar-refractivity contribution in [2.45, 2.75) is 26.0 Å². The van der Waals surface area contributed by atoms with Crippen LogP contribution in [0.5, 0.6) is 11.5 Å². The lowest BCUT2D eigenvalue weighted by Crippen LogP contribution is -2.34. The summed E-state index contributed by atoms with van der Waals surface area (Å²) in [5.74, 6) is 0.924. The molecule has 22 heavy (non-hydrogen) atoms. The topological polar surface area (TPSA) is 79.5 Å². The third kappa shape index (κ3) is 3.99. The van der Waals surface area contributed by atoms with Crippen LogP contribution < -0.4 is 10.1 Å². The number of phenols is 1. The second-order valence-corrected chi connectivity index (χ2v) is 5.50. The number of phenolic OH excluding ortho intramolecular Hbond substituents is 1. The molecule has 3 N–H and O–H groups in total. The van der Waals surface area contributed by atoms with Crippen molar-refractivity contribution < 1.29 is 14.9 Å². The lowest BCUT2D eigenvalue weighted by atomic mass is 9.99. The fourth-order valence-corrected chi connectivity index (χ4v) is 2.20. The van der Waals surface area contributed by atoms with Gasteiger partial charge in [0.25, 0.3) is 0 Å². The van der Waals surface area contributed by atoms with Gasteiger partial charge in [0.1, 0.15) is 17.1 Å². The fourth-order valence-electron chi connectivity index (χ4n) is 2.20. The third-order valence-corrected chi connectivity index (χ3v) is 3.47. The number of benzene rings is 1. The molecule has 0 aliphatic carbocycles. The molecule has 0 radical (unpaired) electrons. The van der Waals surface area contributed by atoms with Crippen LogP contribution in [0.25, 0.3) is 0 Å². The van der Waals surface area contributed by atoms with Gasteiger partial charge in [0.15, 0.2) is 0 Å². The monoisotopic (exact) mass is 305 g/mol. The minimum atomic E-state index is -1.03. The van der Waals surface area contributed by atoms with E-state index >= 15 is 0 Å². The van der Waals surface area contributed by atoms with Gasteiger partial charge in [-0.2, -0.15) is 5.10 Å². The van der Waals surface area contributed by atoms with Crippen molar-refractivity contribution in [2.24, 2.45) is 7.05 Å². The van der Waals surface area contributed by atoms with Gasteiger partial charge in [0.2, 0.25) is 0 Å². The first kappa shape index (κ1) is 16.3. The number of nitrogens with one attached hydrogen (secondary N) is 1. The van der Waals surface area contributed by atoms with Gasteiger partial charge in [-0.3, -0.25) is 4.68 Å². The molecule has 0 aliphatic rings. The molecule has 0 saturated carbocycles. The van der Waals surface area contributed by atoms with Crippen molar-refractivity contribution in [1.29, 1.82) is 0 Å². The molecular weight excluding hydrogens is 282 g/mol. The Hall–Kier alpha value is -2.05. The van der Waals surface area contributed by atoms with E-state index < -0.39 is 5.60 Å². The molecular formula is C16H23N3O3. The number of ether oxygens (including phenoxy) is 1. The minimum Gasteiger partial charge on any atom is -0.508 e. The largest absolute Gasteiger partial charge is 0.508 e. The molecule has 1 heterocycles. The number of aliphatic hydroxyl groups is 1. The van der Waals surface area contributed by atoms with Crippen molar-refractivity contribution in [3.8, 4) is 11.5 Å². The second-order valence-electron chi connectivity index (χ2n) is 5.50. The van der Waals surface area contributed by atoms with Crippen LogP contribution in [0.1, 0.15) is 25.0 Å². The Labute approximate surface area is 130 Å². The maximum absolute atomic E-state index is 10.5. The zero-order chi connectivity index (χ0) is 16.2. The Morgan fingerprint density at radius 1 is 1.41 bits per heavy atom. The Balaban J connectivity index is 1.97. The molecule has 1 unspecified atom stereocenters. The van der Waals surface area contributed by atoms with Crippen LogP contribution in [0.15, 0.2) is 30.6 Å². The summed E-state index contributed by atoms with van der Waals surface area (Å²) in [5, 5.41) is 27.6. The average molecular weight is 305 g/mol. The van der Waals surface area contributed by atoms with Crippen LogP contribution in [0.2, 0.25) is 0 Å². The van der Waals surface area contributed by atoms with Crippen LogP contribution in [-0.2, 0) is 19.2 Å². The molecule has 0 bridgehead atoms. The Kier molecular flexibility index (Phi) is 5.05. The van der Waals surface area contributed by atoms with Gasteiger partial charge >= 0.3 is 0 Å². The minimum absolute atomic E-state index is 0.206. The highest BCUT2D eigenvalue weighted by Gasteiger charge is 2.24. The summed E-state index contributed by atoms with van der Waals surface area (Å²) < 4.78 is 7.08. The van der Waals surface area contributed by atoms with Gasteiger partial charge in [-0.05, 0) is 32.0 Å². The molecule has 1 aromatic heterocycles. The number of aromatic nitrogens is 2. The summed E-state index contributed by atoms with van der Waals surface area (Å²) >= 11 is 0. The van der Waals surface area contributed by atoms with Crippen molar-refractivity contribution in [3.05, 3.63) is 41.7 Å². The Morgan fingerprint density at radius 2 is 2.18 bits per heavy atom. The van der Waals surface area contributed by atoms with Gasteiger partial charge < -0.3 is 20.3 Å². The van der Waals surface area contributed by atoms with E-state index in [0.717, 1.165) is 16.9 Å². The van der Waals surface area contributed by atoms with E-state index in [9.17, 15) is 10.2 Å². The highest BCUT2D eigenvalue weighted by atomic mass is 16.5. The highest BCUT2D eigenvalue weighted by Crippen LogP contribution is 2.24. The van der Waals surface area contributed by atoms with Crippen LogP contribution in [-0.4, -0.2) is 33.1 Å². The summed E-state index contributed by atoms with van der Waals surface area (Å²) in [7, 11) is 1.81. The molecule has 0 amide bonds. The summed E-state index contributed by atoms with van der Waals surface area (Å²) in [4.78, 5) is 0. The zero-order valence-electron chi connectivity index (χ0n) is 13.2. The summed E-state index contributed by atoms with van der Waals surface area (Å²) in [6.07, 6.45) is 3.43. The molecule has 0 fully saturated rings. The first-order valence-corrected chi connectivity index (χ1v) is 7.29. The van der Waals surface area contributed by atoms with Gasteiger partial charge in [-0.15, -0.1) is 0 Å². The highest BCUT2D eigenvalue weighted by molar-refractivity contribution is 5.39. The molecule has 2 rings (SSSR count). The first-order chi connectivity index (χ1) is 10.4. The van der Waals surface area contributed by atoms with E-state index in [1.54, 1.807) is 42.2 Å². The molecule has 0 spiro atoms. The summed E-state index contributed by atoms with van der Waals surface area (Å²) in [6, 6.07) is 5.14. The molecule has 6 nitrogen and oxygen atoms in total. The zero-order valence-corrected chi connectivity index (χ0v) is 13.2. The third-order valence-electron chi connectivity index (χ3n) is 3.47. The number of hydrogen-bond acceptors (Lipinski definition) is 5. The van der Waals surface area contributed by atoms with Crippen LogP contribution in [0.4, 0.5) is 0 Å². The molecule has 1 aromatic carbocycles. The first-order valence-electron chi connectivity index (χ1n) is 7.29. The fraction of sp³-hybridized carbons (Fsp3) is 0.438. The number of rotatable bonds is 7. The predicted octanol–water partition coefficient (Wildman–Crippen LogP) is 1.52. The van der Waals surface area contributed by atoms with Gasteiger partial charge in [0, 0.05) is 37.5 Å². The maximum Gasteiger partial charge on any atom is 0.120 e. The van der Waals surface area contributed by atoms with Gasteiger partial charge in [-0.25, -0.2) is 0 Å². The van der Waals surface area contributed by atoms with Crippen molar-refractivity contribution in [2.75, 3.05) is 13.2 Å². The quantitative estimate of drug-likeness (QED) is 0.723. The lowest BCUT2D eigenvalue weighted by molar-refractivity contribution is 0.0565. The standard InChI is InChI=1S/C16H23N3O3/c1-4-22-14-5-6-15(20)12(7-14)8-17-11-16(2,21)13-9-18-19(3)10-13/h5-7,9-10,17,20-21H,4,8,11H2,1-3H3. The smallest absolute Gasteiger partial charge is 0.120 e. The Bertz CT molecular complexity index is 623. The SMILES string of the molecule is CCOc1ccc(O)c(CNCC(C)(O)c2cnn(C)c2)c1. The summed E-state index contributed by atoms with van der Waals surface area (Å²) in [6.45, 7) is 5.00. The van der Waals surface area contributed by atoms with E-state index in [-0.39, 0.29) is 5.75 Å². The van der Waals surface area contributed by atoms with Crippen molar-refractivity contribution >= 4 is 0 Å². The average Bonchev–Trinajstić information content (AvgIpc) is 2.90. The van der Waals surface area contributed by atoms with Gasteiger partial charge in [-0.1, -0.05) is 0 Å². The number of nitrogens with zero attached hydrogens (tertiary/aromatic N) is 2. The van der Waals surface area contributed by atoms with E-state index in [1.807, 2.05) is 14.0 Å². The predicted molar refractivity (Wildman–Crippen MR) is 83.8 cm³/mol. The molecule has 120 valence electrons. The van der Waals surface area contributed by atoms with E-state index in [0.29, 0.717) is 19.7 Å². The van der Waals surface area contributed by atoms with Gasteiger partial charge in [0.05, 0.1) is 12.8 Å². The molecule has 0 aliphatic heterocycles. The van der Waals surface area contributed by atoms with Crippen molar-refractivity contribution in [1.82, 2.24) is 15.1 Å². The number of aromatic hydroxyl groups is 1. The second kappa shape index (κ2) is 6.81. The molecule has 6 heteroatoms. The maximum atomic E-state index is 10.5. The number of aryl methyl sites for hydroxylation is 1. The van der Waals surface area contributed by atoms with Crippen LogP contribution in [0, 0.1) is 0 Å². The molecule has 0 saturated heterocycles. The normalized spacial score (nSPS) is 13.8. The molecule has 1 atom stereocenters. The lowest BCUT2D eigenvalue weighted by Gasteiger charge is -2.22. The van der Waals surface area contributed by atoms with E-state index in [2.05, 4.69) is 10.4 Å². The van der Waals surface area contributed by atoms with Crippen LogP contribution in [0.3, 0.4) is 0 Å². The Morgan fingerprint density at radius 3 is 2.82 bits per heavy atom. The van der Waals surface area contributed by atoms with Crippen molar-refractivity contribution in [3.63, 3.8) is 0 Å².